The molecule has 1 aromatic carbocycles. The summed E-state index contributed by atoms with van der Waals surface area (Å²) in [6, 6.07) is 13.1. The molecule has 1 aromatic heterocycles. The van der Waals surface area contributed by atoms with Gasteiger partial charge in [0, 0.05) is 39.6 Å². The number of rotatable bonds is 4. The minimum Gasteiger partial charge on any atom is -0.378 e. The lowest BCUT2D eigenvalue weighted by atomic mass is 10.2. The van der Waals surface area contributed by atoms with Gasteiger partial charge in [-0.05, 0) is 30.3 Å². The van der Waals surface area contributed by atoms with Crippen molar-refractivity contribution in [2.24, 2.45) is 0 Å². The number of amides is 1. The smallest absolute Gasteiger partial charge is 0.274 e. The van der Waals surface area contributed by atoms with E-state index in [1.54, 1.807) is 6.07 Å². The lowest BCUT2D eigenvalue weighted by Gasteiger charge is -2.14. The Balaban J connectivity index is 2.18. The number of hydrogen-bond acceptors (Lipinski definition) is 4. The van der Waals surface area contributed by atoms with Crippen LogP contribution < -0.4 is 15.1 Å². The molecule has 1 heterocycles. The van der Waals surface area contributed by atoms with Gasteiger partial charge in [0.1, 0.15) is 11.5 Å². The average molecular weight is 284 g/mol. The van der Waals surface area contributed by atoms with Crippen LogP contribution in [-0.4, -0.2) is 39.1 Å². The Morgan fingerprint density at radius 2 is 1.71 bits per heavy atom. The highest BCUT2D eigenvalue weighted by molar-refractivity contribution is 6.03. The van der Waals surface area contributed by atoms with Gasteiger partial charge in [0.2, 0.25) is 0 Å². The summed E-state index contributed by atoms with van der Waals surface area (Å²) in [4.78, 5) is 20.4. The van der Waals surface area contributed by atoms with Crippen molar-refractivity contribution in [1.29, 1.82) is 0 Å². The molecule has 0 aliphatic heterocycles. The van der Waals surface area contributed by atoms with E-state index in [1.807, 2.05) is 74.4 Å². The highest BCUT2D eigenvalue weighted by Gasteiger charge is 2.09. The predicted octanol–water partition coefficient (Wildman–Crippen LogP) is 2.47. The van der Waals surface area contributed by atoms with E-state index in [1.165, 1.54) is 0 Å². The van der Waals surface area contributed by atoms with Crippen molar-refractivity contribution in [3.05, 3.63) is 48.2 Å². The third kappa shape index (κ3) is 3.72. The van der Waals surface area contributed by atoms with Crippen LogP contribution in [0.2, 0.25) is 0 Å². The summed E-state index contributed by atoms with van der Waals surface area (Å²) in [6.45, 7) is 0. The summed E-state index contributed by atoms with van der Waals surface area (Å²) in [5, 5.41) is 2.87. The standard InChI is InChI=1S/C16H20N4O/c1-19(2)13-8-5-7-12(11-13)17-16(21)14-9-6-10-15(18-14)20(3)4/h5-11H,1-4H3,(H,17,21). The molecule has 0 fully saturated rings. The van der Waals surface area contributed by atoms with Crippen LogP contribution in [0.5, 0.6) is 0 Å². The van der Waals surface area contributed by atoms with Gasteiger partial charge in [0.15, 0.2) is 0 Å². The average Bonchev–Trinajstić information content (AvgIpc) is 2.47. The number of carbonyl (C=O) groups is 1. The molecule has 0 atom stereocenters. The zero-order valence-electron chi connectivity index (χ0n) is 12.8. The first kappa shape index (κ1) is 14.8. The molecule has 0 saturated heterocycles. The van der Waals surface area contributed by atoms with Crippen molar-refractivity contribution in [1.82, 2.24) is 4.98 Å². The third-order valence-electron chi connectivity index (χ3n) is 3.05. The van der Waals surface area contributed by atoms with Gasteiger partial charge >= 0.3 is 0 Å². The number of hydrogen-bond donors (Lipinski definition) is 1. The highest BCUT2D eigenvalue weighted by atomic mass is 16.1. The van der Waals surface area contributed by atoms with Gasteiger partial charge in [-0.1, -0.05) is 12.1 Å². The predicted molar refractivity (Wildman–Crippen MR) is 87.3 cm³/mol. The minimum absolute atomic E-state index is 0.213. The second-order valence-corrected chi connectivity index (χ2v) is 5.17. The van der Waals surface area contributed by atoms with Crippen LogP contribution in [0.4, 0.5) is 17.2 Å². The highest BCUT2D eigenvalue weighted by Crippen LogP contribution is 2.18. The van der Waals surface area contributed by atoms with Crippen molar-refractivity contribution < 1.29 is 4.79 Å². The molecule has 1 amide bonds. The van der Waals surface area contributed by atoms with E-state index in [0.29, 0.717) is 5.69 Å². The molecule has 5 nitrogen and oxygen atoms in total. The number of anilines is 3. The van der Waals surface area contributed by atoms with E-state index in [-0.39, 0.29) is 5.91 Å². The van der Waals surface area contributed by atoms with Crippen LogP contribution in [0.25, 0.3) is 0 Å². The molecule has 2 rings (SSSR count). The first-order valence-electron chi connectivity index (χ1n) is 6.70. The van der Waals surface area contributed by atoms with Crippen LogP contribution in [0, 0.1) is 0 Å². The molecule has 0 aliphatic carbocycles. The molecule has 0 radical (unpaired) electrons. The SMILES string of the molecule is CN(C)c1cccc(NC(=O)c2cccc(N(C)C)n2)c1. The van der Waals surface area contributed by atoms with Gasteiger partial charge in [0.05, 0.1) is 0 Å². The maximum Gasteiger partial charge on any atom is 0.274 e. The number of pyridine rings is 1. The van der Waals surface area contributed by atoms with Crippen LogP contribution >= 0.6 is 0 Å². The molecular formula is C16H20N4O. The second-order valence-electron chi connectivity index (χ2n) is 5.17. The molecule has 0 unspecified atom stereocenters. The summed E-state index contributed by atoms with van der Waals surface area (Å²) in [5.41, 5.74) is 2.18. The topological polar surface area (TPSA) is 48.5 Å². The van der Waals surface area contributed by atoms with Crippen molar-refractivity contribution in [2.75, 3.05) is 43.3 Å². The molecule has 110 valence electrons. The van der Waals surface area contributed by atoms with Crippen LogP contribution in [0.3, 0.4) is 0 Å². The molecule has 1 N–H and O–H groups in total. The minimum atomic E-state index is -0.213. The van der Waals surface area contributed by atoms with Gasteiger partial charge < -0.3 is 15.1 Å². The van der Waals surface area contributed by atoms with E-state index < -0.39 is 0 Å². The molecule has 0 saturated carbocycles. The van der Waals surface area contributed by atoms with E-state index in [4.69, 9.17) is 0 Å². The molecular weight excluding hydrogens is 264 g/mol. The van der Waals surface area contributed by atoms with Crippen molar-refractivity contribution >= 4 is 23.1 Å². The first-order valence-corrected chi connectivity index (χ1v) is 6.70. The quantitative estimate of drug-likeness (QED) is 0.937. The van der Waals surface area contributed by atoms with Crippen molar-refractivity contribution in [3.8, 4) is 0 Å². The summed E-state index contributed by atoms with van der Waals surface area (Å²) >= 11 is 0. The number of nitrogens with one attached hydrogen (secondary N) is 1. The lowest BCUT2D eigenvalue weighted by molar-refractivity contribution is 0.102. The fourth-order valence-corrected chi connectivity index (χ4v) is 1.86. The van der Waals surface area contributed by atoms with Crippen LogP contribution in [0.15, 0.2) is 42.5 Å². The number of benzene rings is 1. The van der Waals surface area contributed by atoms with Crippen molar-refractivity contribution in [2.45, 2.75) is 0 Å². The third-order valence-corrected chi connectivity index (χ3v) is 3.05. The Morgan fingerprint density at radius 3 is 2.38 bits per heavy atom. The Kier molecular flexibility index (Phi) is 4.42. The summed E-state index contributed by atoms with van der Waals surface area (Å²) in [7, 11) is 7.71. The van der Waals surface area contributed by atoms with E-state index in [0.717, 1.165) is 17.2 Å². The van der Waals surface area contributed by atoms with Gasteiger partial charge in [0.25, 0.3) is 5.91 Å². The second kappa shape index (κ2) is 6.26. The first-order chi connectivity index (χ1) is 9.97. The summed E-state index contributed by atoms with van der Waals surface area (Å²) in [5.74, 6) is 0.541. The van der Waals surface area contributed by atoms with Gasteiger partial charge in [-0.2, -0.15) is 0 Å². The van der Waals surface area contributed by atoms with Crippen LogP contribution in [-0.2, 0) is 0 Å². The normalized spacial score (nSPS) is 10.1. The monoisotopic (exact) mass is 284 g/mol. The van der Waals surface area contributed by atoms with Crippen molar-refractivity contribution in [3.63, 3.8) is 0 Å². The molecule has 0 bridgehead atoms. The zero-order chi connectivity index (χ0) is 15.4. The van der Waals surface area contributed by atoms with E-state index in [9.17, 15) is 4.79 Å². The fraction of sp³-hybridized carbons (Fsp3) is 0.250. The Bertz CT molecular complexity index is 638. The summed E-state index contributed by atoms with van der Waals surface area (Å²) < 4.78 is 0. The summed E-state index contributed by atoms with van der Waals surface area (Å²) in [6.07, 6.45) is 0. The van der Waals surface area contributed by atoms with Gasteiger partial charge in [-0.15, -0.1) is 0 Å². The van der Waals surface area contributed by atoms with Gasteiger partial charge in [-0.25, -0.2) is 4.98 Å². The molecule has 0 spiro atoms. The molecule has 2 aromatic rings. The molecule has 0 aliphatic rings. The number of nitrogens with zero attached hydrogens (tertiary/aromatic N) is 3. The molecule has 5 heteroatoms. The van der Waals surface area contributed by atoms with E-state index in [2.05, 4.69) is 10.3 Å². The number of carbonyl (C=O) groups excluding carboxylic acids is 1. The largest absolute Gasteiger partial charge is 0.378 e. The lowest BCUT2D eigenvalue weighted by Crippen LogP contribution is -2.17. The maximum atomic E-state index is 12.3. The fourth-order valence-electron chi connectivity index (χ4n) is 1.86. The van der Waals surface area contributed by atoms with Gasteiger partial charge in [-0.3, -0.25) is 4.79 Å². The maximum absolute atomic E-state index is 12.3. The molecule has 21 heavy (non-hydrogen) atoms. The van der Waals surface area contributed by atoms with Crippen LogP contribution in [0.1, 0.15) is 10.5 Å². The Labute approximate surface area is 125 Å². The Hall–Kier alpha value is -2.56. The Morgan fingerprint density at radius 1 is 1.00 bits per heavy atom. The number of aromatic nitrogens is 1. The van der Waals surface area contributed by atoms with E-state index >= 15 is 0 Å². The zero-order valence-corrected chi connectivity index (χ0v) is 12.8.